The first-order chi connectivity index (χ1) is 40.7. The maximum Gasteiger partial charge on any atom is 0.155 e. The molecule has 0 amide bonds. The number of nitrogens with zero attached hydrogens (tertiary/aromatic N) is 13. The monoisotopic (exact) mass is 1130 g/mol. The average molecular weight is 1130 g/mol. The van der Waals surface area contributed by atoms with Crippen LogP contribution in [0.2, 0.25) is 0 Å². The van der Waals surface area contributed by atoms with Crippen molar-refractivity contribution in [2.45, 2.75) is 13.8 Å². The molecule has 0 spiro atoms. The highest BCUT2D eigenvalue weighted by molar-refractivity contribution is 5.79. The maximum atomic E-state index is 13.3. The van der Waals surface area contributed by atoms with E-state index in [1.54, 1.807) is 88.1 Å². The fourth-order valence-corrected chi connectivity index (χ4v) is 9.69. The summed E-state index contributed by atoms with van der Waals surface area (Å²) < 4.78 is 36.6. The van der Waals surface area contributed by atoms with Gasteiger partial charge in [-0.3, -0.25) is 34.6 Å². The molecule has 0 atom stereocenters. The van der Waals surface area contributed by atoms with E-state index in [2.05, 4.69) is 93.9 Å². The zero-order valence-electron chi connectivity index (χ0n) is 48.4. The summed E-state index contributed by atoms with van der Waals surface area (Å²) in [6.07, 6.45) is 25.7. The van der Waals surface area contributed by atoms with Gasteiger partial charge in [0, 0.05) is 179 Å². The Kier molecular flexibility index (Phi) is 25.7. The lowest BCUT2D eigenvalue weighted by Gasteiger charge is -2.36. The number of aliphatic imine (C=N–C) groups is 1. The van der Waals surface area contributed by atoms with Crippen molar-refractivity contribution >= 4 is 23.7 Å². The Hall–Kier alpha value is -8.27. The summed E-state index contributed by atoms with van der Waals surface area (Å²) in [6.45, 7) is 19.1. The van der Waals surface area contributed by atoms with E-state index in [0.717, 1.165) is 161 Å². The van der Waals surface area contributed by atoms with E-state index >= 15 is 0 Å². The van der Waals surface area contributed by atoms with Crippen molar-refractivity contribution in [2.75, 3.05) is 147 Å². The third-order valence-corrected chi connectivity index (χ3v) is 13.9. The van der Waals surface area contributed by atoms with Crippen LogP contribution >= 0.6 is 0 Å². The molecule has 3 fully saturated rings. The molecule has 3 aromatic carbocycles. The molecule has 3 aliphatic heterocycles. The van der Waals surface area contributed by atoms with E-state index in [1.165, 1.54) is 29.8 Å². The van der Waals surface area contributed by atoms with Gasteiger partial charge in [-0.2, -0.15) is 0 Å². The van der Waals surface area contributed by atoms with Crippen LogP contribution < -0.4 is 31.5 Å². The van der Waals surface area contributed by atoms with Crippen LogP contribution in [0, 0.1) is 11.6 Å². The summed E-state index contributed by atoms with van der Waals surface area (Å²) in [5, 5.41) is 3.16. The molecule has 0 bridgehead atoms. The van der Waals surface area contributed by atoms with Gasteiger partial charge in [0.1, 0.15) is 35.4 Å². The number of hydrogen-bond donors (Lipinski definition) is 3. The van der Waals surface area contributed by atoms with Crippen molar-refractivity contribution in [3.63, 3.8) is 0 Å². The highest BCUT2D eigenvalue weighted by atomic mass is 19.1. The number of nitrogens with two attached hydrogens (primary N) is 2. The average Bonchev–Trinajstić information content (AvgIpc) is 3.54. The largest absolute Gasteiger partial charge is 0.404 e. The Bertz CT molecular complexity index is 3040. The molecule has 20 heteroatoms. The molecule has 0 radical (unpaired) electrons. The molecule has 9 rings (SSSR count). The Morgan fingerprint density at radius 2 is 0.892 bits per heavy atom. The summed E-state index contributed by atoms with van der Waals surface area (Å²) in [5.41, 5.74) is 20.2. The lowest BCUT2D eigenvalue weighted by Crippen LogP contribution is -2.47. The molecule has 83 heavy (non-hydrogen) atoms. The predicted molar refractivity (Wildman–Crippen MR) is 331 cm³/mol. The highest BCUT2D eigenvalue weighted by Gasteiger charge is 2.25. The second-order valence-corrected chi connectivity index (χ2v) is 19.7. The van der Waals surface area contributed by atoms with E-state index in [1.807, 2.05) is 56.6 Å². The second kappa shape index (κ2) is 34.2. The summed E-state index contributed by atoms with van der Waals surface area (Å²) in [4.78, 5) is 45.6. The van der Waals surface area contributed by atoms with Crippen LogP contribution in [0.1, 0.15) is 13.8 Å². The fraction of sp³-hybridized carbons (Fsp3) is 0.349. The number of methoxy groups -OCH3 is 2. The number of benzene rings is 3. The Morgan fingerprint density at radius 1 is 0.506 bits per heavy atom. The number of piperazine rings is 3. The molecule has 6 aromatic rings. The minimum absolute atomic E-state index is 0.252. The van der Waals surface area contributed by atoms with E-state index in [0.29, 0.717) is 19.9 Å². The lowest BCUT2D eigenvalue weighted by atomic mass is 10.1. The molecular weight excluding hydrogens is 1050 g/mol. The Morgan fingerprint density at radius 3 is 1.29 bits per heavy atom. The molecule has 3 aliphatic rings. The van der Waals surface area contributed by atoms with Crippen LogP contribution in [0.15, 0.2) is 181 Å². The van der Waals surface area contributed by atoms with Crippen molar-refractivity contribution in [3.05, 3.63) is 187 Å². The Labute approximate surface area is 488 Å². The molecular formula is C63H80F2N16O2. The maximum absolute atomic E-state index is 13.3. The third kappa shape index (κ3) is 19.4. The van der Waals surface area contributed by atoms with Gasteiger partial charge in [-0.05, 0) is 91.5 Å². The molecule has 5 N–H and O–H groups in total. The first kappa shape index (κ1) is 62.3. The summed E-state index contributed by atoms with van der Waals surface area (Å²) in [7, 11) is 3.33. The highest BCUT2D eigenvalue weighted by Crippen LogP contribution is 2.30. The van der Waals surface area contributed by atoms with Crippen molar-refractivity contribution in [1.82, 2.24) is 49.9 Å². The summed E-state index contributed by atoms with van der Waals surface area (Å²) in [6, 6.07) is 23.0. The third-order valence-electron chi connectivity index (χ3n) is 13.9. The second-order valence-electron chi connectivity index (χ2n) is 19.7. The van der Waals surface area contributed by atoms with Crippen LogP contribution in [0.25, 0.3) is 33.8 Å². The van der Waals surface area contributed by atoms with Gasteiger partial charge in [0.15, 0.2) is 17.5 Å². The van der Waals surface area contributed by atoms with Crippen LogP contribution in [0.3, 0.4) is 0 Å². The first-order valence-electron chi connectivity index (χ1n) is 28.1. The standard InChI is InChI=1S/C22H28FN5O.C21H27FN6O.C20H25N5/c1-3-4-18(15-24-17-29-2)16-27-11-13-28(14-12-27)22-21(25-9-10-26-22)19-5-7-20(23)8-6-19;1-29-13-8-24-15-17(14-23)16-27-9-11-28(12-10-27)21-20(25-6-7-26-21)18-2-4-19(22)5-3-18;1-2-6-17(15-21)16-24-11-13-25(14-12-24)20-19(22-9-10-23-20)18-7-4-3-5-8-18/h3-10,15,24H,11-14,16-17H2,1-2H3;2-7,14-15H,8-13,16,23H2,1H3;2-10,15H,11-14,16,21H2,1H3/b4-3+,18-15+;17-14+,24-15?;6-2+,17-15+. The van der Waals surface area contributed by atoms with Gasteiger partial charge in [0.05, 0.1) is 13.2 Å². The first-order valence-corrected chi connectivity index (χ1v) is 28.1. The zero-order valence-corrected chi connectivity index (χ0v) is 48.4. The van der Waals surface area contributed by atoms with Gasteiger partial charge in [-0.15, -0.1) is 0 Å². The molecule has 438 valence electrons. The fourth-order valence-electron chi connectivity index (χ4n) is 9.69. The molecule has 3 aromatic heterocycles. The number of rotatable bonds is 21. The molecule has 0 unspecified atom stereocenters. The summed E-state index contributed by atoms with van der Waals surface area (Å²) in [5.74, 6) is 2.13. The van der Waals surface area contributed by atoms with E-state index in [-0.39, 0.29) is 11.6 Å². The summed E-state index contributed by atoms with van der Waals surface area (Å²) >= 11 is 0. The predicted octanol–water partition coefficient (Wildman–Crippen LogP) is 7.71. The van der Waals surface area contributed by atoms with Gasteiger partial charge in [-0.25, -0.2) is 23.7 Å². The molecule has 18 nitrogen and oxygen atoms in total. The molecule has 0 aliphatic carbocycles. The number of anilines is 3. The quantitative estimate of drug-likeness (QED) is 0.0275. The topological polar surface area (TPSA) is 192 Å². The van der Waals surface area contributed by atoms with Gasteiger partial charge in [0.25, 0.3) is 0 Å². The normalized spacial score (nSPS) is 16.1. The molecule has 0 saturated carbocycles. The van der Waals surface area contributed by atoms with Crippen LogP contribution in [0.5, 0.6) is 0 Å². The van der Waals surface area contributed by atoms with Gasteiger partial charge in [0.2, 0.25) is 0 Å². The van der Waals surface area contributed by atoms with Crippen molar-refractivity contribution in [1.29, 1.82) is 0 Å². The minimum atomic E-state index is -0.262. The van der Waals surface area contributed by atoms with Gasteiger partial charge in [-0.1, -0.05) is 54.6 Å². The van der Waals surface area contributed by atoms with E-state index in [9.17, 15) is 8.78 Å². The SMILES string of the molecule is C/C=C/C(=C\N)CN1CCN(c2nccnc2-c2ccccc2)CC1.C/C=C/C(=C\NCOC)CN1CCN(c2nccnc2-c2ccc(F)cc2)CC1.COCCN=C/C(=C\N)CN1CCN(c2nccnc2-c2ccc(F)cc2)CC1. The number of allylic oxidation sites excluding steroid dienone is 2. The van der Waals surface area contributed by atoms with Crippen molar-refractivity contribution < 1.29 is 18.3 Å². The number of halogens is 2. The number of ether oxygens (including phenoxy) is 2. The van der Waals surface area contributed by atoms with Crippen LogP contribution in [-0.4, -0.2) is 183 Å². The lowest BCUT2D eigenvalue weighted by molar-refractivity contribution is 0.187. The number of hydrogen-bond acceptors (Lipinski definition) is 18. The van der Waals surface area contributed by atoms with Gasteiger partial charge >= 0.3 is 0 Å². The zero-order chi connectivity index (χ0) is 58.4. The smallest absolute Gasteiger partial charge is 0.155 e. The number of aromatic nitrogens is 6. The Balaban J connectivity index is 0.000000180. The van der Waals surface area contributed by atoms with Crippen molar-refractivity contribution in [3.8, 4) is 33.8 Å². The molecule has 6 heterocycles. The van der Waals surface area contributed by atoms with E-state index in [4.69, 9.17) is 20.9 Å². The molecule has 3 saturated heterocycles. The van der Waals surface area contributed by atoms with Crippen LogP contribution in [0.4, 0.5) is 26.2 Å². The minimum Gasteiger partial charge on any atom is -0.404 e. The van der Waals surface area contributed by atoms with Crippen molar-refractivity contribution in [2.24, 2.45) is 16.5 Å². The number of nitrogens with one attached hydrogen (secondary N) is 1. The van der Waals surface area contributed by atoms with Gasteiger partial charge < -0.3 is 41.0 Å². The van der Waals surface area contributed by atoms with E-state index < -0.39 is 0 Å². The van der Waals surface area contributed by atoms with Crippen LogP contribution in [-0.2, 0) is 9.47 Å².